The highest BCUT2D eigenvalue weighted by atomic mass is 16.4. The Morgan fingerprint density at radius 2 is 1.95 bits per heavy atom. The van der Waals surface area contributed by atoms with Crippen LogP contribution < -0.4 is 0 Å². The Bertz CT molecular complexity index is 654. The van der Waals surface area contributed by atoms with Gasteiger partial charge in [0.05, 0.1) is 17.5 Å². The minimum Gasteiger partial charge on any atom is -0.481 e. The van der Waals surface area contributed by atoms with Gasteiger partial charge in [-0.1, -0.05) is 33.8 Å². The maximum absolute atomic E-state index is 10.9. The Morgan fingerprint density at radius 3 is 2.50 bits per heavy atom. The first-order valence-corrected chi connectivity index (χ1v) is 8.17. The van der Waals surface area contributed by atoms with E-state index in [4.69, 9.17) is 10.1 Å². The van der Waals surface area contributed by atoms with E-state index in [1.807, 2.05) is 18.2 Å². The quantitative estimate of drug-likeness (QED) is 0.833. The zero-order valence-electron chi connectivity index (χ0n) is 14.0. The molecule has 2 rings (SSSR count). The van der Waals surface area contributed by atoms with Crippen LogP contribution in [0.5, 0.6) is 0 Å². The fraction of sp³-hybridized carbons (Fsp3) is 0.556. The second-order valence-electron chi connectivity index (χ2n) is 6.38. The monoisotopic (exact) mass is 302 g/mol. The molecule has 0 fully saturated rings. The van der Waals surface area contributed by atoms with E-state index in [0.29, 0.717) is 11.8 Å². The van der Waals surface area contributed by atoms with E-state index in [2.05, 4.69) is 32.3 Å². The normalized spacial score (nSPS) is 11.7. The number of rotatable bonds is 7. The number of fused-ring (bicyclic) bond motifs is 1. The molecule has 1 N–H and O–H groups in total. The molecule has 1 aromatic heterocycles. The number of aliphatic carboxylic acids is 1. The predicted octanol–water partition coefficient (Wildman–Crippen LogP) is 4.22. The summed E-state index contributed by atoms with van der Waals surface area (Å²) in [5.41, 5.74) is 2.84. The molecule has 0 amide bonds. The summed E-state index contributed by atoms with van der Waals surface area (Å²) >= 11 is 0. The first-order chi connectivity index (χ1) is 10.5. The number of aromatic nitrogens is 2. The first kappa shape index (κ1) is 16.5. The van der Waals surface area contributed by atoms with Gasteiger partial charge in [0.1, 0.15) is 5.82 Å². The highest BCUT2D eigenvalue weighted by molar-refractivity contribution is 5.79. The van der Waals surface area contributed by atoms with E-state index in [1.165, 1.54) is 0 Å². The molecule has 0 unspecified atom stereocenters. The Hall–Kier alpha value is -1.84. The average molecular weight is 302 g/mol. The Kier molecular flexibility index (Phi) is 5.22. The average Bonchev–Trinajstić information content (AvgIpc) is 2.77. The third kappa shape index (κ3) is 3.49. The van der Waals surface area contributed by atoms with Crippen molar-refractivity contribution in [3.63, 3.8) is 0 Å². The van der Waals surface area contributed by atoms with Gasteiger partial charge in [-0.2, -0.15) is 0 Å². The Labute approximate surface area is 132 Å². The lowest BCUT2D eigenvalue weighted by atomic mass is 10.0. The minimum atomic E-state index is -0.804. The van der Waals surface area contributed by atoms with Crippen molar-refractivity contribution in [2.24, 2.45) is 5.92 Å². The SMILES string of the molecule is CCC(CC)c1nc2cc(CC(=O)O)ccc2n1CC(C)C. The van der Waals surface area contributed by atoms with Gasteiger partial charge in [0.2, 0.25) is 0 Å². The number of imidazole rings is 1. The molecule has 0 bridgehead atoms. The van der Waals surface area contributed by atoms with Crippen molar-refractivity contribution < 1.29 is 9.90 Å². The van der Waals surface area contributed by atoms with Crippen molar-refractivity contribution >= 4 is 17.0 Å². The highest BCUT2D eigenvalue weighted by Crippen LogP contribution is 2.28. The Morgan fingerprint density at radius 1 is 1.27 bits per heavy atom. The number of carboxylic acids is 1. The van der Waals surface area contributed by atoms with Crippen LogP contribution in [0.2, 0.25) is 0 Å². The lowest BCUT2D eigenvalue weighted by molar-refractivity contribution is -0.136. The molecule has 0 atom stereocenters. The molecule has 0 spiro atoms. The van der Waals surface area contributed by atoms with E-state index in [9.17, 15) is 4.79 Å². The highest BCUT2D eigenvalue weighted by Gasteiger charge is 2.18. The number of nitrogens with zero attached hydrogens (tertiary/aromatic N) is 2. The van der Waals surface area contributed by atoms with Gasteiger partial charge >= 0.3 is 5.97 Å². The molecule has 0 aliphatic carbocycles. The van der Waals surface area contributed by atoms with Crippen LogP contribution in [0, 0.1) is 5.92 Å². The molecule has 0 aliphatic heterocycles. The summed E-state index contributed by atoms with van der Waals surface area (Å²) in [6, 6.07) is 5.85. The van der Waals surface area contributed by atoms with E-state index < -0.39 is 5.97 Å². The summed E-state index contributed by atoms with van der Waals surface area (Å²) in [6.07, 6.45) is 2.19. The topological polar surface area (TPSA) is 55.1 Å². The van der Waals surface area contributed by atoms with Gasteiger partial charge in [-0.3, -0.25) is 4.79 Å². The molecule has 22 heavy (non-hydrogen) atoms. The van der Waals surface area contributed by atoms with Gasteiger partial charge in [0, 0.05) is 12.5 Å². The molecule has 0 saturated carbocycles. The number of benzene rings is 1. The molecule has 4 nitrogen and oxygen atoms in total. The fourth-order valence-electron chi connectivity index (χ4n) is 3.00. The zero-order valence-corrected chi connectivity index (χ0v) is 14.0. The second-order valence-corrected chi connectivity index (χ2v) is 6.38. The van der Waals surface area contributed by atoms with Crippen molar-refractivity contribution in [3.8, 4) is 0 Å². The summed E-state index contributed by atoms with van der Waals surface area (Å²) in [5.74, 6) is 1.33. The van der Waals surface area contributed by atoms with Crippen molar-refractivity contribution in [2.75, 3.05) is 0 Å². The standard InChI is InChI=1S/C18H26N2O2/c1-5-14(6-2)18-19-15-9-13(10-17(21)22)7-8-16(15)20(18)11-12(3)4/h7-9,12,14H,5-6,10-11H2,1-4H3,(H,21,22). The Balaban J connectivity index is 2.54. The van der Waals surface area contributed by atoms with Crippen molar-refractivity contribution in [3.05, 3.63) is 29.6 Å². The van der Waals surface area contributed by atoms with Crippen LogP contribution in [0.4, 0.5) is 0 Å². The smallest absolute Gasteiger partial charge is 0.307 e. The lowest BCUT2D eigenvalue weighted by Crippen LogP contribution is -2.11. The van der Waals surface area contributed by atoms with Crippen molar-refractivity contribution in [1.82, 2.24) is 9.55 Å². The fourth-order valence-corrected chi connectivity index (χ4v) is 3.00. The summed E-state index contributed by atoms with van der Waals surface area (Å²) in [4.78, 5) is 15.7. The number of carbonyl (C=O) groups is 1. The maximum Gasteiger partial charge on any atom is 0.307 e. The molecule has 1 aromatic carbocycles. The number of carboxylic acid groups (broad SMARTS) is 1. The third-order valence-electron chi connectivity index (χ3n) is 4.10. The van der Waals surface area contributed by atoms with Crippen LogP contribution in [0.25, 0.3) is 11.0 Å². The van der Waals surface area contributed by atoms with Gasteiger partial charge in [0.15, 0.2) is 0 Å². The van der Waals surface area contributed by atoms with E-state index >= 15 is 0 Å². The van der Waals surface area contributed by atoms with E-state index in [-0.39, 0.29) is 6.42 Å². The summed E-state index contributed by atoms with van der Waals surface area (Å²) < 4.78 is 2.32. The van der Waals surface area contributed by atoms with E-state index in [0.717, 1.165) is 41.8 Å². The molecule has 4 heteroatoms. The van der Waals surface area contributed by atoms with Crippen molar-refractivity contribution in [1.29, 1.82) is 0 Å². The van der Waals surface area contributed by atoms with E-state index in [1.54, 1.807) is 0 Å². The summed E-state index contributed by atoms with van der Waals surface area (Å²) in [6.45, 7) is 9.76. The molecule has 2 aromatic rings. The van der Waals surface area contributed by atoms with Crippen LogP contribution in [0.3, 0.4) is 0 Å². The third-order valence-corrected chi connectivity index (χ3v) is 4.10. The summed E-state index contributed by atoms with van der Waals surface area (Å²) in [7, 11) is 0. The molecular formula is C18H26N2O2. The van der Waals surface area contributed by atoms with Crippen LogP contribution >= 0.6 is 0 Å². The van der Waals surface area contributed by atoms with Gasteiger partial charge in [-0.05, 0) is 36.5 Å². The van der Waals surface area contributed by atoms with Gasteiger partial charge in [0.25, 0.3) is 0 Å². The van der Waals surface area contributed by atoms with Crippen LogP contribution in [-0.2, 0) is 17.8 Å². The number of hydrogen-bond acceptors (Lipinski definition) is 2. The number of hydrogen-bond donors (Lipinski definition) is 1. The molecule has 0 aliphatic rings. The zero-order chi connectivity index (χ0) is 16.3. The van der Waals surface area contributed by atoms with Crippen LogP contribution in [0.15, 0.2) is 18.2 Å². The second kappa shape index (κ2) is 6.95. The van der Waals surface area contributed by atoms with Gasteiger partial charge < -0.3 is 9.67 Å². The molecular weight excluding hydrogens is 276 g/mol. The van der Waals surface area contributed by atoms with Crippen LogP contribution in [-0.4, -0.2) is 20.6 Å². The van der Waals surface area contributed by atoms with Crippen molar-refractivity contribution in [2.45, 2.75) is 59.4 Å². The predicted molar refractivity (Wildman–Crippen MR) is 89.2 cm³/mol. The maximum atomic E-state index is 10.9. The summed E-state index contributed by atoms with van der Waals surface area (Å²) in [5, 5.41) is 8.96. The van der Waals surface area contributed by atoms with Gasteiger partial charge in [-0.15, -0.1) is 0 Å². The molecule has 0 saturated heterocycles. The largest absolute Gasteiger partial charge is 0.481 e. The van der Waals surface area contributed by atoms with Gasteiger partial charge in [-0.25, -0.2) is 4.98 Å². The lowest BCUT2D eigenvalue weighted by Gasteiger charge is -2.17. The minimum absolute atomic E-state index is 0.0489. The van der Waals surface area contributed by atoms with Crippen LogP contribution in [0.1, 0.15) is 57.8 Å². The molecule has 120 valence electrons. The first-order valence-electron chi connectivity index (χ1n) is 8.17. The molecule has 1 heterocycles. The molecule has 0 radical (unpaired) electrons.